The van der Waals surface area contributed by atoms with Gasteiger partial charge in [0.05, 0.1) is 40.3 Å². The number of unbranched alkanes of at least 4 members (excludes halogenated alkanes) is 36. The number of rotatable bonds is 54. The smallest absolute Gasteiger partial charge is 0.306 e. The van der Waals surface area contributed by atoms with E-state index in [9.17, 15) is 19.5 Å². The number of carbonyl (C=O) groups excluding carboxylic acids is 3. The lowest BCUT2D eigenvalue weighted by atomic mass is 10.0. The molecule has 0 N–H and O–H groups in total. The minimum atomic E-state index is -1.12. The molecule has 2 atom stereocenters. The second kappa shape index (κ2) is 51.2. The first-order chi connectivity index (χ1) is 33.1. The molecule has 0 heterocycles. The first kappa shape index (κ1) is 65.8. The van der Waals surface area contributed by atoms with E-state index >= 15 is 0 Å². The molecule has 400 valence electrons. The Morgan fingerprint density at radius 1 is 0.426 bits per heavy atom. The molecule has 0 amide bonds. The Balaban J connectivity index is 4.15. The van der Waals surface area contributed by atoms with E-state index in [1.54, 1.807) is 0 Å². The molecule has 0 rings (SSSR count). The van der Waals surface area contributed by atoms with E-state index in [-0.39, 0.29) is 42.7 Å². The number of carbonyl (C=O) groups is 3. The molecule has 0 aliphatic rings. The van der Waals surface area contributed by atoms with Gasteiger partial charge < -0.3 is 28.6 Å². The molecule has 68 heavy (non-hydrogen) atoms. The lowest BCUT2D eigenvalue weighted by Crippen LogP contribution is -2.55. The third kappa shape index (κ3) is 48.8. The van der Waals surface area contributed by atoms with Crippen LogP contribution >= 0.6 is 0 Å². The van der Waals surface area contributed by atoms with Crippen LogP contribution in [-0.2, 0) is 28.6 Å². The molecule has 0 bridgehead atoms. The van der Waals surface area contributed by atoms with Gasteiger partial charge in [0.15, 0.2) is 6.10 Å². The average molecular weight is 961 g/mol. The standard InChI is InChI=1S/C60H113NO7/c1-6-8-10-12-14-16-18-20-22-24-26-28-29-31-33-35-37-39-41-43-45-47-49-51-59(63)68-56(54-66-53-52-57(60(64)65)61(3,4)5)55-67-58(62)50-48-46-44-42-40-38-36-34-32-30-27-25-23-21-19-17-15-13-11-9-7-2/h30-33,56-57H,6-29,34-55H2,1-5H3/b32-30+,33-31+. The van der Waals surface area contributed by atoms with Crippen molar-refractivity contribution in [2.45, 2.75) is 302 Å². The van der Waals surface area contributed by atoms with Gasteiger partial charge in [-0.05, 0) is 64.2 Å². The molecule has 2 unspecified atom stereocenters. The van der Waals surface area contributed by atoms with Gasteiger partial charge >= 0.3 is 11.9 Å². The highest BCUT2D eigenvalue weighted by molar-refractivity contribution is 5.70. The molecule has 0 radical (unpaired) electrons. The molecule has 0 spiro atoms. The number of nitrogens with zero attached hydrogens (tertiary/aromatic N) is 1. The summed E-state index contributed by atoms with van der Waals surface area (Å²) in [5, 5.41) is 11.7. The summed E-state index contributed by atoms with van der Waals surface area (Å²) < 4.78 is 17.3. The van der Waals surface area contributed by atoms with Crippen molar-refractivity contribution in [2.75, 3.05) is 41.0 Å². The third-order valence-corrected chi connectivity index (χ3v) is 13.6. The maximum absolute atomic E-state index is 12.8. The first-order valence-corrected chi connectivity index (χ1v) is 29.4. The number of esters is 2. The Kier molecular flexibility index (Phi) is 49.5. The normalized spacial score (nSPS) is 12.9. The summed E-state index contributed by atoms with van der Waals surface area (Å²) in [4.78, 5) is 37.2. The van der Waals surface area contributed by atoms with Gasteiger partial charge in [0.1, 0.15) is 12.6 Å². The minimum absolute atomic E-state index is 0.0413. The van der Waals surface area contributed by atoms with Crippen LogP contribution < -0.4 is 5.11 Å². The number of likely N-dealkylation sites (N-methyl/N-ethyl adjacent to an activating group) is 1. The molecule has 0 saturated carbocycles. The number of carboxylic acids is 1. The van der Waals surface area contributed by atoms with Gasteiger partial charge in [0, 0.05) is 19.3 Å². The van der Waals surface area contributed by atoms with Crippen molar-refractivity contribution < 1.29 is 38.2 Å². The summed E-state index contributed by atoms with van der Waals surface area (Å²) in [5.41, 5.74) is 0. The molecule has 0 saturated heterocycles. The summed E-state index contributed by atoms with van der Waals surface area (Å²) in [6.45, 7) is 4.71. The monoisotopic (exact) mass is 960 g/mol. The Bertz CT molecular complexity index is 1160. The van der Waals surface area contributed by atoms with Gasteiger partial charge in [-0.3, -0.25) is 9.59 Å². The largest absolute Gasteiger partial charge is 0.544 e. The van der Waals surface area contributed by atoms with Crippen molar-refractivity contribution in [2.24, 2.45) is 0 Å². The molecule has 8 heteroatoms. The van der Waals surface area contributed by atoms with E-state index < -0.39 is 18.1 Å². The van der Waals surface area contributed by atoms with Gasteiger partial charge in [-0.2, -0.15) is 0 Å². The first-order valence-electron chi connectivity index (χ1n) is 29.4. The molecular weight excluding hydrogens is 847 g/mol. The van der Waals surface area contributed by atoms with Crippen LogP contribution in [0.25, 0.3) is 0 Å². The minimum Gasteiger partial charge on any atom is -0.544 e. The second-order valence-corrected chi connectivity index (χ2v) is 21.2. The third-order valence-electron chi connectivity index (χ3n) is 13.6. The van der Waals surface area contributed by atoms with Crippen molar-refractivity contribution in [1.82, 2.24) is 0 Å². The summed E-state index contributed by atoms with van der Waals surface area (Å²) in [5.74, 6) is -1.73. The Morgan fingerprint density at radius 3 is 1.06 bits per heavy atom. The number of ether oxygens (including phenoxy) is 3. The van der Waals surface area contributed by atoms with Crippen LogP contribution in [0.2, 0.25) is 0 Å². The fraction of sp³-hybridized carbons (Fsp3) is 0.883. The quantitative estimate of drug-likeness (QED) is 0.0259. The van der Waals surface area contributed by atoms with Crippen LogP contribution in [0.5, 0.6) is 0 Å². The van der Waals surface area contributed by atoms with Gasteiger partial charge in [-0.1, -0.05) is 231 Å². The number of hydrogen-bond donors (Lipinski definition) is 0. The molecular formula is C60H113NO7. The van der Waals surface area contributed by atoms with Gasteiger partial charge in [0.25, 0.3) is 0 Å². The molecule has 0 fully saturated rings. The number of hydrogen-bond acceptors (Lipinski definition) is 7. The highest BCUT2D eigenvalue weighted by atomic mass is 16.6. The predicted molar refractivity (Wildman–Crippen MR) is 287 cm³/mol. The van der Waals surface area contributed by atoms with Gasteiger partial charge in [-0.15, -0.1) is 0 Å². The van der Waals surface area contributed by atoms with Crippen LogP contribution in [-0.4, -0.2) is 75.5 Å². The van der Waals surface area contributed by atoms with Crippen LogP contribution in [0.1, 0.15) is 290 Å². The second-order valence-electron chi connectivity index (χ2n) is 21.2. The molecule has 8 nitrogen and oxygen atoms in total. The van der Waals surface area contributed by atoms with Crippen molar-refractivity contribution in [1.29, 1.82) is 0 Å². The zero-order valence-electron chi connectivity index (χ0n) is 45.8. The van der Waals surface area contributed by atoms with Crippen molar-refractivity contribution >= 4 is 17.9 Å². The van der Waals surface area contributed by atoms with Crippen LogP contribution in [0.3, 0.4) is 0 Å². The summed E-state index contributed by atoms with van der Waals surface area (Å²) in [6.07, 6.45) is 60.8. The van der Waals surface area contributed by atoms with E-state index in [1.807, 2.05) is 21.1 Å². The van der Waals surface area contributed by atoms with Crippen LogP contribution in [0.15, 0.2) is 24.3 Å². The Morgan fingerprint density at radius 2 is 0.735 bits per heavy atom. The maximum atomic E-state index is 12.8. The highest BCUT2D eigenvalue weighted by Crippen LogP contribution is 2.17. The highest BCUT2D eigenvalue weighted by Gasteiger charge is 2.25. The van der Waals surface area contributed by atoms with Crippen molar-refractivity contribution in [3.63, 3.8) is 0 Å². The molecule has 0 aromatic heterocycles. The fourth-order valence-electron chi connectivity index (χ4n) is 9.01. The van der Waals surface area contributed by atoms with Crippen molar-refractivity contribution in [3.05, 3.63) is 24.3 Å². The Hall–Kier alpha value is -2.19. The topological polar surface area (TPSA) is 102 Å². The number of aliphatic carboxylic acids is 1. The number of carboxylic acid groups (broad SMARTS) is 1. The van der Waals surface area contributed by atoms with E-state index in [0.29, 0.717) is 12.8 Å². The maximum Gasteiger partial charge on any atom is 0.306 e. The SMILES string of the molecule is CCCCCCCCCCCC/C=C/CCCCCCCCCC(=O)OCC(COCCC(C(=O)[O-])[N+](C)(C)C)OC(=O)CCCCCCCCC/C=C/CCCCCCCCCCCCCC. The van der Waals surface area contributed by atoms with Crippen LogP contribution in [0.4, 0.5) is 0 Å². The van der Waals surface area contributed by atoms with E-state index in [0.717, 1.165) is 38.5 Å². The molecule has 0 aliphatic carbocycles. The zero-order valence-corrected chi connectivity index (χ0v) is 45.8. The molecule has 0 aliphatic heterocycles. The Labute approximate surface area is 421 Å². The fourth-order valence-corrected chi connectivity index (χ4v) is 9.01. The lowest BCUT2D eigenvalue weighted by molar-refractivity contribution is -0.889. The van der Waals surface area contributed by atoms with E-state index in [1.165, 1.54) is 218 Å². The van der Waals surface area contributed by atoms with Crippen molar-refractivity contribution in [3.8, 4) is 0 Å². The summed E-state index contributed by atoms with van der Waals surface area (Å²) >= 11 is 0. The molecule has 0 aromatic rings. The lowest BCUT2D eigenvalue weighted by Gasteiger charge is -2.34. The van der Waals surface area contributed by atoms with Crippen LogP contribution in [0, 0.1) is 0 Å². The average Bonchev–Trinajstić information content (AvgIpc) is 3.30. The van der Waals surface area contributed by atoms with Gasteiger partial charge in [-0.25, -0.2) is 0 Å². The van der Waals surface area contributed by atoms with E-state index in [2.05, 4.69) is 38.2 Å². The van der Waals surface area contributed by atoms with Gasteiger partial charge in [0.2, 0.25) is 0 Å². The zero-order chi connectivity index (χ0) is 49.9. The number of quaternary nitrogens is 1. The molecule has 0 aromatic carbocycles. The van der Waals surface area contributed by atoms with E-state index in [4.69, 9.17) is 14.2 Å². The summed E-state index contributed by atoms with van der Waals surface area (Å²) in [6, 6.07) is -0.726. The predicted octanol–water partition coefficient (Wildman–Crippen LogP) is 16.2. The number of allylic oxidation sites excluding steroid dienone is 4. The summed E-state index contributed by atoms with van der Waals surface area (Å²) in [7, 11) is 5.43.